The molecule has 1 aromatic carbocycles. The normalized spacial score (nSPS) is 19.4. The molecule has 0 saturated carbocycles. The molecule has 2 amide bonds. The number of carbonyl (C=O) groups is 2. The summed E-state index contributed by atoms with van der Waals surface area (Å²) in [6.45, 7) is 3.39. The van der Waals surface area contributed by atoms with E-state index in [1.165, 1.54) is 11.3 Å². The maximum Gasteiger partial charge on any atom is 0.265 e. The topological polar surface area (TPSA) is 75.4 Å². The average Bonchev–Trinajstić information content (AvgIpc) is 3.24. The number of thiophene rings is 1. The van der Waals surface area contributed by atoms with E-state index >= 15 is 0 Å². The van der Waals surface area contributed by atoms with Crippen LogP contribution in [0.3, 0.4) is 0 Å². The second-order valence-electron chi connectivity index (χ2n) is 6.15. The van der Waals surface area contributed by atoms with E-state index in [4.69, 9.17) is 5.73 Å². The first-order chi connectivity index (χ1) is 11.6. The molecule has 1 aromatic heterocycles. The van der Waals surface area contributed by atoms with Crippen molar-refractivity contribution in [2.24, 2.45) is 11.7 Å². The van der Waals surface area contributed by atoms with Crippen LogP contribution < -0.4 is 11.1 Å². The van der Waals surface area contributed by atoms with Crippen LogP contribution in [0.2, 0.25) is 0 Å². The number of benzene rings is 1. The van der Waals surface area contributed by atoms with Gasteiger partial charge < -0.3 is 16.0 Å². The lowest BCUT2D eigenvalue weighted by atomic mass is 10.1. The third kappa shape index (κ3) is 4.39. The van der Waals surface area contributed by atoms with Crippen LogP contribution in [0.1, 0.15) is 33.4 Å². The van der Waals surface area contributed by atoms with Crippen LogP contribution in [0.4, 0.5) is 5.69 Å². The third-order valence-corrected chi connectivity index (χ3v) is 5.26. The van der Waals surface area contributed by atoms with E-state index in [1.54, 1.807) is 30.3 Å². The lowest BCUT2D eigenvalue weighted by Gasteiger charge is -2.21. The largest absolute Gasteiger partial charge is 0.336 e. The summed E-state index contributed by atoms with van der Waals surface area (Å²) < 4.78 is 0. The van der Waals surface area contributed by atoms with E-state index in [0.717, 1.165) is 6.42 Å². The second kappa shape index (κ2) is 8.47. The molecule has 0 spiro atoms. The molecule has 1 aliphatic heterocycles. The number of carbonyl (C=O) groups excluding carboxylic acids is 2. The fraction of sp³-hybridized carbons (Fsp3) is 0.333. The van der Waals surface area contributed by atoms with Gasteiger partial charge in [0.05, 0.1) is 4.88 Å². The lowest BCUT2D eigenvalue weighted by Crippen LogP contribution is -2.34. The van der Waals surface area contributed by atoms with Crippen molar-refractivity contribution in [3.8, 4) is 0 Å². The molecule has 1 fully saturated rings. The summed E-state index contributed by atoms with van der Waals surface area (Å²) in [4.78, 5) is 27.2. The quantitative estimate of drug-likeness (QED) is 0.856. The van der Waals surface area contributed by atoms with Crippen LogP contribution in [-0.2, 0) is 0 Å². The van der Waals surface area contributed by atoms with Crippen LogP contribution in [0, 0.1) is 5.92 Å². The molecule has 2 atom stereocenters. The minimum Gasteiger partial charge on any atom is -0.336 e. The lowest BCUT2D eigenvalue weighted by molar-refractivity contribution is 0.0743. The van der Waals surface area contributed by atoms with Gasteiger partial charge in [0.25, 0.3) is 11.8 Å². The first-order valence-electron chi connectivity index (χ1n) is 8.04. The van der Waals surface area contributed by atoms with Crippen LogP contribution in [0.25, 0.3) is 0 Å². The van der Waals surface area contributed by atoms with Gasteiger partial charge in [0.2, 0.25) is 0 Å². The van der Waals surface area contributed by atoms with Crippen LogP contribution >= 0.6 is 23.7 Å². The summed E-state index contributed by atoms with van der Waals surface area (Å²) in [7, 11) is 0. The second-order valence-corrected chi connectivity index (χ2v) is 7.10. The van der Waals surface area contributed by atoms with Gasteiger partial charge in [-0.05, 0) is 61.5 Å². The van der Waals surface area contributed by atoms with E-state index < -0.39 is 0 Å². The molecule has 2 heterocycles. The van der Waals surface area contributed by atoms with Crippen molar-refractivity contribution in [1.29, 1.82) is 0 Å². The third-order valence-electron chi connectivity index (χ3n) is 4.39. The molecule has 2 aromatic rings. The van der Waals surface area contributed by atoms with Crippen LogP contribution in [0.15, 0.2) is 41.8 Å². The maximum absolute atomic E-state index is 12.6. The fourth-order valence-corrected chi connectivity index (χ4v) is 3.68. The molecule has 0 aliphatic carbocycles. The minimum atomic E-state index is -0.136. The number of nitrogens with zero attached hydrogens (tertiary/aromatic N) is 1. The summed E-state index contributed by atoms with van der Waals surface area (Å²) in [5, 5.41) is 4.70. The molecule has 2 unspecified atom stereocenters. The van der Waals surface area contributed by atoms with Gasteiger partial charge in [-0.25, -0.2) is 0 Å². The molecule has 7 heteroatoms. The number of anilines is 1. The maximum atomic E-state index is 12.6. The van der Waals surface area contributed by atoms with Crippen molar-refractivity contribution in [2.75, 3.05) is 18.4 Å². The smallest absolute Gasteiger partial charge is 0.265 e. The molecule has 25 heavy (non-hydrogen) atoms. The van der Waals surface area contributed by atoms with Crippen LogP contribution in [0.5, 0.6) is 0 Å². The molecule has 3 rings (SSSR count). The molecule has 134 valence electrons. The highest BCUT2D eigenvalue weighted by Gasteiger charge is 2.31. The average molecular weight is 380 g/mol. The Bertz CT molecular complexity index is 718. The first-order valence-corrected chi connectivity index (χ1v) is 8.92. The van der Waals surface area contributed by atoms with Gasteiger partial charge in [-0.3, -0.25) is 9.59 Å². The molecule has 1 aliphatic rings. The molecular weight excluding hydrogens is 358 g/mol. The Morgan fingerprint density at radius 1 is 1.28 bits per heavy atom. The molecule has 3 N–H and O–H groups in total. The number of amides is 2. The highest BCUT2D eigenvalue weighted by Crippen LogP contribution is 2.24. The standard InChI is InChI=1S/C18H21N3O2S.ClH/c1-12-9-13(10-19)11-21(12)18(23)14-4-6-15(7-5-14)20-17(22)16-3-2-8-24-16;/h2-8,12-13H,9-11,19H2,1H3,(H,20,22);1H. The molecule has 0 bridgehead atoms. The van der Waals surface area contributed by atoms with Gasteiger partial charge in [0, 0.05) is 23.8 Å². The highest BCUT2D eigenvalue weighted by atomic mass is 35.5. The van der Waals surface area contributed by atoms with E-state index in [1.807, 2.05) is 16.3 Å². The van der Waals surface area contributed by atoms with Crippen molar-refractivity contribution in [3.63, 3.8) is 0 Å². The van der Waals surface area contributed by atoms with E-state index in [0.29, 0.717) is 35.1 Å². The van der Waals surface area contributed by atoms with Crippen molar-refractivity contribution in [2.45, 2.75) is 19.4 Å². The van der Waals surface area contributed by atoms with E-state index in [9.17, 15) is 9.59 Å². The number of hydrogen-bond acceptors (Lipinski definition) is 4. The monoisotopic (exact) mass is 379 g/mol. The molecule has 0 radical (unpaired) electrons. The molecule has 5 nitrogen and oxygen atoms in total. The van der Waals surface area contributed by atoms with Crippen molar-refractivity contribution >= 4 is 41.2 Å². The SMILES string of the molecule is CC1CC(CN)CN1C(=O)c1ccc(NC(=O)c2cccs2)cc1.Cl. The summed E-state index contributed by atoms with van der Waals surface area (Å²) in [5.74, 6) is 0.269. The summed E-state index contributed by atoms with van der Waals surface area (Å²) in [6, 6.07) is 10.9. The zero-order chi connectivity index (χ0) is 17.1. The van der Waals surface area contributed by atoms with Gasteiger partial charge >= 0.3 is 0 Å². The van der Waals surface area contributed by atoms with Gasteiger partial charge in [0.15, 0.2) is 0 Å². The zero-order valence-electron chi connectivity index (χ0n) is 14.0. The molecular formula is C18H22ClN3O2S. The molecule has 1 saturated heterocycles. The number of rotatable bonds is 4. The zero-order valence-corrected chi connectivity index (χ0v) is 15.6. The Morgan fingerprint density at radius 3 is 2.56 bits per heavy atom. The van der Waals surface area contributed by atoms with Crippen molar-refractivity contribution in [3.05, 3.63) is 52.2 Å². The number of nitrogens with one attached hydrogen (secondary N) is 1. The Hall–Kier alpha value is -1.89. The summed E-state index contributed by atoms with van der Waals surface area (Å²) >= 11 is 1.39. The van der Waals surface area contributed by atoms with Crippen molar-refractivity contribution in [1.82, 2.24) is 4.90 Å². The van der Waals surface area contributed by atoms with Gasteiger partial charge in [-0.15, -0.1) is 23.7 Å². The van der Waals surface area contributed by atoms with Gasteiger partial charge in [0.1, 0.15) is 0 Å². The Kier molecular flexibility index (Phi) is 6.58. The fourth-order valence-electron chi connectivity index (χ4n) is 3.06. The first kappa shape index (κ1) is 19.4. The minimum absolute atomic E-state index is 0. The highest BCUT2D eigenvalue weighted by molar-refractivity contribution is 7.12. The van der Waals surface area contributed by atoms with Gasteiger partial charge in [-0.2, -0.15) is 0 Å². The van der Waals surface area contributed by atoms with Crippen LogP contribution in [-0.4, -0.2) is 35.8 Å². The predicted molar refractivity (Wildman–Crippen MR) is 104 cm³/mol. The number of halogens is 1. The van der Waals surface area contributed by atoms with E-state index in [-0.39, 0.29) is 30.3 Å². The number of hydrogen-bond donors (Lipinski definition) is 2. The van der Waals surface area contributed by atoms with Gasteiger partial charge in [-0.1, -0.05) is 6.07 Å². The summed E-state index contributed by atoms with van der Waals surface area (Å²) in [6.07, 6.45) is 0.956. The Morgan fingerprint density at radius 2 is 2.00 bits per heavy atom. The predicted octanol–water partition coefficient (Wildman–Crippen LogP) is 3.23. The van der Waals surface area contributed by atoms with Crippen molar-refractivity contribution < 1.29 is 9.59 Å². The Balaban J connectivity index is 0.00000225. The summed E-state index contributed by atoms with van der Waals surface area (Å²) in [5.41, 5.74) is 7.04. The van der Waals surface area contributed by atoms with E-state index in [2.05, 4.69) is 12.2 Å². The number of nitrogens with two attached hydrogens (primary N) is 1. The number of likely N-dealkylation sites (tertiary alicyclic amines) is 1. The Labute approximate surface area is 157 Å².